The summed E-state index contributed by atoms with van der Waals surface area (Å²) in [6.45, 7) is 5.04. The highest BCUT2D eigenvalue weighted by Gasteiger charge is 2.22. The number of nitrogens with zero attached hydrogens (tertiary/aromatic N) is 2. The van der Waals surface area contributed by atoms with Crippen LogP contribution in [0.5, 0.6) is 0 Å². The Kier molecular flexibility index (Phi) is 3.98. The molecule has 0 atom stereocenters. The Morgan fingerprint density at radius 2 is 1.73 bits per heavy atom. The molecule has 0 radical (unpaired) electrons. The van der Waals surface area contributed by atoms with E-state index in [1.165, 1.54) is 67.0 Å². The second-order valence-electron chi connectivity index (χ2n) is 7.43. The normalized spacial score (nSPS) is 15.4. The molecule has 1 saturated heterocycles. The monoisotopic (exact) mass is 346 g/mol. The average Bonchev–Trinajstić information content (AvgIpc) is 3.39. The predicted octanol–water partition coefficient (Wildman–Crippen LogP) is 2.44. The molecule has 132 valence electrons. The van der Waals surface area contributed by atoms with Gasteiger partial charge in [0, 0.05) is 24.8 Å². The molecule has 2 aromatic carbocycles. The maximum absolute atomic E-state index is 3.63. The van der Waals surface area contributed by atoms with Gasteiger partial charge in [0.05, 0.1) is 26.2 Å². The lowest BCUT2D eigenvalue weighted by molar-refractivity contribution is -0.887. The zero-order valence-electron chi connectivity index (χ0n) is 15.1. The van der Waals surface area contributed by atoms with Crippen molar-refractivity contribution in [1.82, 2.24) is 9.55 Å². The number of imidazole rings is 2. The fourth-order valence-corrected chi connectivity index (χ4v) is 4.40. The maximum Gasteiger partial charge on any atom is 0.368 e. The largest absolute Gasteiger partial charge is 0.368 e. The van der Waals surface area contributed by atoms with Gasteiger partial charge in [0.2, 0.25) is 0 Å². The molecule has 0 amide bonds. The molecule has 2 aromatic heterocycles. The van der Waals surface area contributed by atoms with Crippen molar-refractivity contribution in [3.63, 3.8) is 0 Å². The minimum Gasteiger partial charge on any atom is -0.335 e. The maximum atomic E-state index is 3.63. The molecular formula is C22H26N4+2. The first kappa shape index (κ1) is 15.6. The Morgan fingerprint density at radius 1 is 0.962 bits per heavy atom. The molecule has 1 fully saturated rings. The van der Waals surface area contributed by atoms with E-state index < -0.39 is 0 Å². The lowest BCUT2D eigenvalue weighted by Gasteiger charge is -2.11. The number of hydrogen-bond acceptors (Lipinski definition) is 0. The Bertz CT molecular complexity index is 1020. The van der Waals surface area contributed by atoms with E-state index in [-0.39, 0.29) is 0 Å². The van der Waals surface area contributed by atoms with Crippen LogP contribution in [0.15, 0.2) is 60.8 Å². The Labute approximate surface area is 153 Å². The first-order chi connectivity index (χ1) is 12.9. The highest BCUT2D eigenvalue weighted by Crippen LogP contribution is 2.22. The van der Waals surface area contributed by atoms with Gasteiger partial charge in [0.1, 0.15) is 22.9 Å². The van der Waals surface area contributed by atoms with Gasteiger partial charge in [-0.3, -0.25) is 0 Å². The number of rotatable bonds is 5. The van der Waals surface area contributed by atoms with Crippen LogP contribution in [-0.4, -0.2) is 29.2 Å². The molecule has 4 heteroatoms. The zero-order valence-corrected chi connectivity index (χ0v) is 15.1. The summed E-state index contributed by atoms with van der Waals surface area (Å²) in [7, 11) is 0. The first-order valence-corrected chi connectivity index (χ1v) is 9.81. The van der Waals surface area contributed by atoms with E-state index in [4.69, 9.17) is 0 Å². The predicted molar refractivity (Wildman–Crippen MR) is 104 cm³/mol. The quantitative estimate of drug-likeness (QED) is 0.520. The van der Waals surface area contributed by atoms with Crippen LogP contribution in [-0.2, 0) is 6.54 Å². The highest BCUT2D eigenvalue weighted by atomic mass is 15.2. The van der Waals surface area contributed by atoms with Gasteiger partial charge in [0.25, 0.3) is 0 Å². The van der Waals surface area contributed by atoms with E-state index >= 15 is 0 Å². The third-order valence-corrected chi connectivity index (χ3v) is 5.73. The number of quaternary nitrogens is 1. The number of H-pyrrole nitrogens is 1. The van der Waals surface area contributed by atoms with Gasteiger partial charge in [-0.15, -0.1) is 0 Å². The molecule has 1 aliphatic rings. The number of nitrogens with one attached hydrogen (secondary N) is 2. The number of benzene rings is 2. The molecule has 4 nitrogen and oxygen atoms in total. The van der Waals surface area contributed by atoms with E-state index in [9.17, 15) is 0 Å². The Morgan fingerprint density at radius 3 is 2.58 bits per heavy atom. The number of hydrogen-bond donors (Lipinski definition) is 2. The van der Waals surface area contributed by atoms with Gasteiger partial charge in [-0.25, -0.2) is 9.55 Å². The third kappa shape index (κ3) is 2.71. The molecule has 5 rings (SSSR count). The van der Waals surface area contributed by atoms with Gasteiger partial charge in [-0.05, 0) is 12.1 Å². The van der Waals surface area contributed by atoms with E-state index in [0.717, 1.165) is 6.54 Å². The van der Waals surface area contributed by atoms with Crippen LogP contribution < -0.4 is 9.30 Å². The van der Waals surface area contributed by atoms with E-state index in [1.807, 2.05) is 0 Å². The Hall–Kier alpha value is -2.59. The lowest BCUT2D eigenvalue weighted by atomic mass is 10.1. The van der Waals surface area contributed by atoms with Crippen LogP contribution in [0.25, 0.3) is 28.1 Å². The summed E-state index contributed by atoms with van der Waals surface area (Å²) < 4.78 is 4.77. The zero-order chi connectivity index (χ0) is 17.3. The van der Waals surface area contributed by atoms with Crippen LogP contribution in [0.3, 0.4) is 0 Å². The van der Waals surface area contributed by atoms with Crippen molar-refractivity contribution in [3.05, 3.63) is 60.8 Å². The smallest absolute Gasteiger partial charge is 0.335 e. The summed E-state index contributed by atoms with van der Waals surface area (Å²) >= 11 is 0. The standard InChI is InChI=1S/C22H24N4/c1-2-9-18(10-3-1)21-17-26-20-12-5-4-11-19(20)23-22(26)25(21)16-8-15-24-13-6-7-14-24/h1-5,9-12,17H,6-8,13-16H2/p+2. The van der Waals surface area contributed by atoms with Crippen molar-refractivity contribution >= 4 is 16.8 Å². The number of aromatic nitrogens is 3. The van der Waals surface area contributed by atoms with Crippen LogP contribution in [0, 0.1) is 0 Å². The summed E-state index contributed by atoms with van der Waals surface area (Å²) in [5.74, 6) is 1.18. The van der Waals surface area contributed by atoms with Crippen LogP contribution in [0.4, 0.5) is 0 Å². The molecule has 2 N–H and O–H groups in total. The van der Waals surface area contributed by atoms with Crippen LogP contribution in [0.1, 0.15) is 19.3 Å². The van der Waals surface area contributed by atoms with Crippen molar-refractivity contribution in [2.24, 2.45) is 0 Å². The van der Waals surface area contributed by atoms with E-state index in [0.29, 0.717) is 0 Å². The first-order valence-electron chi connectivity index (χ1n) is 9.81. The minimum atomic E-state index is 1.05. The molecule has 1 aliphatic heterocycles. The number of likely N-dealkylation sites (tertiary alicyclic amines) is 1. The topological polar surface area (TPSA) is 29.3 Å². The number of aromatic amines is 1. The van der Waals surface area contributed by atoms with Crippen molar-refractivity contribution in [1.29, 1.82) is 0 Å². The summed E-state index contributed by atoms with van der Waals surface area (Å²) in [4.78, 5) is 5.41. The van der Waals surface area contributed by atoms with Gasteiger partial charge in [-0.2, -0.15) is 4.40 Å². The number of aryl methyl sites for hydroxylation is 1. The second-order valence-corrected chi connectivity index (χ2v) is 7.43. The van der Waals surface area contributed by atoms with Crippen molar-refractivity contribution in [2.75, 3.05) is 19.6 Å². The molecule has 0 aliphatic carbocycles. The molecule has 0 unspecified atom stereocenters. The van der Waals surface area contributed by atoms with Gasteiger partial charge >= 0.3 is 5.78 Å². The number of para-hydroxylation sites is 2. The van der Waals surface area contributed by atoms with Crippen molar-refractivity contribution < 1.29 is 9.30 Å². The van der Waals surface area contributed by atoms with Crippen LogP contribution >= 0.6 is 0 Å². The summed E-state index contributed by atoms with van der Waals surface area (Å²) in [5, 5.41) is 0. The van der Waals surface area contributed by atoms with Gasteiger partial charge < -0.3 is 4.90 Å². The fraction of sp³-hybridized carbons (Fsp3) is 0.318. The molecule has 0 spiro atoms. The summed E-state index contributed by atoms with van der Waals surface area (Å²) in [5.41, 5.74) is 5.01. The van der Waals surface area contributed by atoms with Crippen LogP contribution in [0.2, 0.25) is 0 Å². The number of fused-ring (bicyclic) bond motifs is 3. The molecule has 3 heterocycles. The van der Waals surface area contributed by atoms with Gasteiger partial charge in [0.15, 0.2) is 0 Å². The minimum absolute atomic E-state index is 1.05. The molecule has 0 saturated carbocycles. The fourth-order valence-electron chi connectivity index (χ4n) is 4.40. The molecule has 26 heavy (non-hydrogen) atoms. The second kappa shape index (κ2) is 6.61. The van der Waals surface area contributed by atoms with E-state index in [1.54, 1.807) is 4.90 Å². The summed E-state index contributed by atoms with van der Waals surface area (Å²) in [6.07, 6.45) is 6.30. The highest BCUT2D eigenvalue weighted by molar-refractivity contribution is 5.74. The van der Waals surface area contributed by atoms with Gasteiger partial charge in [-0.1, -0.05) is 42.5 Å². The van der Waals surface area contributed by atoms with E-state index in [2.05, 4.69) is 74.7 Å². The SMILES string of the molecule is c1ccc(-c2c[n+]3c4ccccc4[nH]c3n2CCC[NH+]2CCCC2)cc1. The molecule has 0 bridgehead atoms. The van der Waals surface area contributed by atoms with Crippen molar-refractivity contribution in [3.8, 4) is 11.3 Å². The lowest BCUT2D eigenvalue weighted by Crippen LogP contribution is -3.10. The van der Waals surface area contributed by atoms with Crippen molar-refractivity contribution in [2.45, 2.75) is 25.8 Å². The molecular weight excluding hydrogens is 320 g/mol. The summed E-state index contributed by atoms with van der Waals surface area (Å²) in [6, 6.07) is 19.3. The average molecular weight is 346 g/mol. The Balaban J connectivity index is 1.55. The third-order valence-electron chi connectivity index (χ3n) is 5.73. The molecule has 4 aromatic rings.